The maximum Gasteiger partial charge on any atom is 0.110 e. The molecule has 1 heterocycles. The van der Waals surface area contributed by atoms with Crippen LogP contribution in [-0.2, 0) is 6.42 Å². The summed E-state index contributed by atoms with van der Waals surface area (Å²) in [5, 5.41) is 7.00. The standard InChI is InChI=1S/C17H22N2S/c1-12-11-20-17(19-12)13(2)18-10-15-8-5-7-14-6-3-4-9-16(14)15/h3-4,6,9,11,13,15,18H,5,7-8,10H2,1-2H3. The summed E-state index contributed by atoms with van der Waals surface area (Å²) in [6.07, 6.45) is 3.86. The lowest BCUT2D eigenvalue weighted by Gasteiger charge is -2.26. The lowest BCUT2D eigenvalue weighted by Crippen LogP contribution is -2.26. The second-order valence-electron chi connectivity index (χ2n) is 5.75. The Labute approximate surface area is 125 Å². The fourth-order valence-electron chi connectivity index (χ4n) is 3.04. The van der Waals surface area contributed by atoms with Crippen LogP contribution in [0.25, 0.3) is 0 Å². The lowest BCUT2D eigenvalue weighted by atomic mass is 9.83. The molecule has 1 N–H and O–H groups in total. The van der Waals surface area contributed by atoms with Gasteiger partial charge in [0, 0.05) is 17.6 Å². The number of nitrogens with zero attached hydrogens (tertiary/aromatic N) is 1. The van der Waals surface area contributed by atoms with Gasteiger partial charge in [-0.3, -0.25) is 0 Å². The van der Waals surface area contributed by atoms with Crippen LogP contribution in [0.5, 0.6) is 0 Å². The van der Waals surface area contributed by atoms with Crippen LogP contribution in [0.15, 0.2) is 29.6 Å². The van der Waals surface area contributed by atoms with Crippen LogP contribution in [0.2, 0.25) is 0 Å². The number of aryl methyl sites for hydroxylation is 2. The lowest BCUT2D eigenvalue weighted by molar-refractivity contribution is 0.472. The van der Waals surface area contributed by atoms with Gasteiger partial charge in [-0.15, -0.1) is 11.3 Å². The Balaban J connectivity index is 1.65. The van der Waals surface area contributed by atoms with E-state index in [-0.39, 0.29) is 0 Å². The number of hydrogen-bond acceptors (Lipinski definition) is 3. The van der Waals surface area contributed by atoms with Gasteiger partial charge in [0.1, 0.15) is 5.01 Å². The van der Waals surface area contributed by atoms with E-state index in [0.29, 0.717) is 12.0 Å². The van der Waals surface area contributed by atoms with E-state index < -0.39 is 0 Å². The van der Waals surface area contributed by atoms with E-state index >= 15 is 0 Å². The first-order valence-electron chi connectivity index (χ1n) is 7.47. The maximum absolute atomic E-state index is 4.57. The number of hydrogen-bond donors (Lipinski definition) is 1. The van der Waals surface area contributed by atoms with Crippen molar-refractivity contribution in [2.45, 2.75) is 45.1 Å². The molecule has 0 aliphatic heterocycles. The van der Waals surface area contributed by atoms with E-state index in [1.165, 1.54) is 24.3 Å². The van der Waals surface area contributed by atoms with E-state index in [0.717, 1.165) is 12.2 Å². The molecule has 0 radical (unpaired) electrons. The summed E-state index contributed by atoms with van der Waals surface area (Å²) in [7, 11) is 0. The first-order valence-corrected chi connectivity index (χ1v) is 8.35. The third kappa shape index (κ3) is 2.94. The van der Waals surface area contributed by atoms with Crippen LogP contribution in [-0.4, -0.2) is 11.5 Å². The Hall–Kier alpha value is -1.19. The zero-order chi connectivity index (χ0) is 13.9. The van der Waals surface area contributed by atoms with Crippen LogP contribution < -0.4 is 5.32 Å². The first-order chi connectivity index (χ1) is 9.74. The SMILES string of the molecule is Cc1csc(C(C)NCC2CCCc3ccccc32)n1. The molecule has 2 nitrogen and oxygen atoms in total. The van der Waals surface area contributed by atoms with Crippen LogP contribution >= 0.6 is 11.3 Å². The van der Waals surface area contributed by atoms with Crippen LogP contribution in [0, 0.1) is 6.92 Å². The summed E-state index contributed by atoms with van der Waals surface area (Å²) in [5.41, 5.74) is 4.22. The van der Waals surface area contributed by atoms with Crippen molar-refractivity contribution in [3.05, 3.63) is 51.5 Å². The van der Waals surface area contributed by atoms with E-state index in [1.54, 1.807) is 22.5 Å². The average molecular weight is 286 g/mol. The summed E-state index contributed by atoms with van der Waals surface area (Å²) in [6.45, 7) is 5.33. The third-order valence-electron chi connectivity index (χ3n) is 4.17. The highest BCUT2D eigenvalue weighted by Crippen LogP contribution is 2.31. The molecular formula is C17H22N2S. The minimum atomic E-state index is 0.350. The predicted molar refractivity (Wildman–Crippen MR) is 85.4 cm³/mol. The molecule has 3 rings (SSSR count). The third-order valence-corrected chi connectivity index (χ3v) is 5.32. The number of aromatic nitrogens is 1. The topological polar surface area (TPSA) is 24.9 Å². The molecule has 0 saturated heterocycles. The molecule has 0 fully saturated rings. The Bertz CT molecular complexity index is 576. The molecule has 1 aliphatic carbocycles. The zero-order valence-electron chi connectivity index (χ0n) is 12.2. The largest absolute Gasteiger partial charge is 0.308 e. The van der Waals surface area contributed by atoms with Gasteiger partial charge in [-0.05, 0) is 50.2 Å². The molecule has 2 unspecified atom stereocenters. The summed E-state index contributed by atoms with van der Waals surface area (Å²) in [4.78, 5) is 4.57. The highest BCUT2D eigenvalue weighted by atomic mass is 32.1. The van der Waals surface area contributed by atoms with Gasteiger partial charge in [-0.25, -0.2) is 4.98 Å². The minimum absolute atomic E-state index is 0.350. The van der Waals surface area contributed by atoms with E-state index in [4.69, 9.17) is 0 Å². The Kier molecular flexibility index (Phi) is 4.18. The monoisotopic (exact) mass is 286 g/mol. The first kappa shape index (κ1) is 13.8. The minimum Gasteiger partial charge on any atom is -0.308 e. The van der Waals surface area contributed by atoms with Gasteiger partial charge in [-0.2, -0.15) is 0 Å². The molecule has 0 bridgehead atoms. The average Bonchev–Trinajstić information content (AvgIpc) is 2.91. The zero-order valence-corrected chi connectivity index (χ0v) is 13.0. The summed E-state index contributed by atoms with van der Waals surface area (Å²) >= 11 is 1.76. The normalized spacial score (nSPS) is 19.6. The second kappa shape index (κ2) is 6.06. The highest BCUT2D eigenvalue weighted by molar-refractivity contribution is 7.09. The molecular weight excluding hydrogens is 264 g/mol. The molecule has 0 amide bonds. The Morgan fingerprint density at radius 2 is 2.25 bits per heavy atom. The summed E-state index contributed by atoms with van der Waals surface area (Å²) in [5.74, 6) is 0.656. The number of fused-ring (bicyclic) bond motifs is 1. The fraction of sp³-hybridized carbons (Fsp3) is 0.471. The number of thiazole rings is 1. The summed E-state index contributed by atoms with van der Waals surface area (Å²) in [6, 6.07) is 9.27. The molecule has 1 aromatic heterocycles. The highest BCUT2D eigenvalue weighted by Gasteiger charge is 2.20. The maximum atomic E-state index is 4.57. The van der Waals surface area contributed by atoms with Gasteiger partial charge in [0.15, 0.2) is 0 Å². The van der Waals surface area contributed by atoms with Gasteiger partial charge < -0.3 is 5.32 Å². The van der Waals surface area contributed by atoms with Gasteiger partial charge in [0.2, 0.25) is 0 Å². The van der Waals surface area contributed by atoms with Gasteiger partial charge in [-0.1, -0.05) is 24.3 Å². The van der Waals surface area contributed by atoms with Crippen LogP contribution in [0.4, 0.5) is 0 Å². The van der Waals surface area contributed by atoms with Crippen molar-refractivity contribution in [2.75, 3.05) is 6.54 Å². The molecule has 3 heteroatoms. The number of benzene rings is 1. The number of rotatable bonds is 4. The van der Waals surface area contributed by atoms with E-state index in [2.05, 4.69) is 53.8 Å². The predicted octanol–water partition coefficient (Wildman–Crippen LogP) is 4.22. The second-order valence-corrected chi connectivity index (χ2v) is 6.63. The molecule has 2 atom stereocenters. The molecule has 20 heavy (non-hydrogen) atoms. The van der Waals surface area contributed by atoms with Crippen LogP contribution in [0.3, 0.4) is 0 Å². The van der Waals surface area contributed by atoms with Crippen molar-refractivity contribution < 1.29 is 0 Å². The van der Waals surface area contributed by atoms with Gasteiger partial charge >= 0.3 is 0 Å². The summed E-state index contributed by atoms with van der Waals surface area (Å²) < 4.78 is 0. The van der Waals surface area contributed by atoms with Crippen LogP contribution in [0.1, 0.15) is 53.6 Å². The molecule has 1 aliphatic rings. The van der Waals surface area contributed by atoms with Crippen molar-refractivity contribution in [1.82, 2.24) is 10.3 Å². The fourth-order valence-corrected chi connectivity index (χ4v) is 3.87. The van der Waals surface area contributed by atoms with Crippen molar-refractivity contribution in [1.29, 1.82) is 0 Å². The Morgan fingerprint density at radius 1 is 1.40 bits per heavy atom. The van der Waals surface area contributed by atoms with Crippen molar-refractivity contribution >= 4 is 11.3 Å². The van der Waals surface area contributed by atoms with Crippen molar-refractivity contribution in [3.8, 4) is 0 Å². The van der Waals surface area contributed by atoms with Crippen molar-refractivity contribution in [2.24, 2.45) is 0 Å². The quantitative estimate of drug-likeness (QED) is 0.910. The van der Waals surface area contributed by atoms with Gasteiger partial charge in [0.05, 0.1) is 6.04 Å². The molecule has 1 aromatic carbocycles. The molecule has 2 aromatic rings. The number of nitrogens with one attached hydrogen (secondary N) is 1. The molecule has 0 spiro atoms. The van der Waals surface area contributed by atoms with E-state index in [9.17, 15) is 0 Å². The van der Waals surface area contributed by atoms with Crippen molar-refractivity contribution in [3.63, 3.8) is 0 Å². The Morgan fingerprint density at radius 3 is 3.05 bits per heavy atom. The molecule has 0 saturated carbocycles. The molecule has 106 valence electrons. The van der Waals surface area contributed by atoms with E-state index in [1.807, 2.05) is 0 Å². The smallest absolute Gasteiger partial charge is 0.110 e. The van der Waals surface area contributed by atoms with Gasteiger partial charge in [0.25, 0.3) is 0 Å².